The lowest BCUT2D eigenvalue weighted by atomic mass is 9.92. The Labute approximate surface area is 214 Å². The lowest BCUT2D eigenvalue weighted by molar-refractivity contribution is -0.123. The highest BCUT2D eigenvalue weighted by molar-refractivity contribution is 6.30. The highest BCUT2D eigenvalue weighted by atomic mass is 35.5. The molecule has 4 N–H and O–H groups in total. The zero-order chi connectivity index (χ0) is 26.7. The Kier molecular flexibility index (Phi) is 7.20. The van der Waals surface area contributed by atoms with Gasteiger partial charge in [0.2, 0.25) is 17.8 Å². The van der Waals surface area contributed by atoms with Crippen LogP contribution >= 0.6 is 11.6 Å². The number of halogens is 1. The predicted molar refractivity (Wildman–Crippen MR) is 133 cm³/mol. The number of hydrogen-bond acceptors (Lipinski definition) is 9. The Morgan fingerprint density at radius 3 is 2.19 bits per heavy atom. The number of esters is 2. The SMILES string of the molecule is COC(=O)c1cc(NC(=O)[C@@H]2CC(=O)Nc3nc(Nc4ccc(Cl)cc4)[nH]c(=O)c32)cc(C(=O)OC)c1. The summed E-state index contributed by atoms with van der Waals surface area (Å²) >= 11 is 5.89. The number of amides is 2. The molecule has 13 heteroatoms. The first-order valence-electron chi connectivity index (χ1n) is 10.8. The minimum atomic E-state index is -1.20. The summed E-state index contributed by atoms with van der Waals surface area (Å²) in [6.07, 6.45) is -0.325. The van der Waals surface area contributed by atoms with E-state index in [0.717, 1.165) is 14.2 Å². The number of benzene rings is 2. The third-order valence-corrected chi connectivity index (χ3v) is 5.67. The number of fused-ring (bicyclic) bond motifs is 1. The summed E-state index contributed by atoms with van der Waals surface area (Å²) in [7, 11) is 2.33. The van der Waals surface area contributed by atoms with Crippen LogP contribution in [0.5, 0.6) is 0 Å². The molecule has 4 rings (SSSR count). The number of H-pyrrole nitrogens is 1. The molecule has 3 aromatic rings. The second-order valence-electron chi connectivity index (χ2n) is 7.89. The number of methoxy groups -OCH3 is 2. The van der Waals surface area contributed by atoms with E-state index in [9.17, 15) is 24.0 Å². The van der Waals surface area contributed by atoms with Gasteiger partial charge in [0.1, 0.15) is 5.82 Å². The van der Waals surface area contributed by atoms with Gasteiger partial charge in [0.25, 0.3) is 5.56 Å². The van der Waals surface area contributed by atoms with Gasteiger partial charge in [0, 0.05) is 22.8 Å². The van der Waals surface area contributed by atoms with Crippen molar-refractivity contribution in [2.45, 2.75) is 12.3 Å². The fourth-order valence-electron chi connectivity index (χ4n) is 3.72. The van der Waals surface area contributed by atoms with Gasteiger partial charge in [0.05, 0.1) is 36.8 Å². The lowest BCUT2D eigenvalue weighted by Crippen LogP contribution is -2.36. The van der Waals surface area contributed by atoms with Crippen LogP contribution in [0, 0.1) is 0 Å². The molecule has 0 aliphatic carbocycles. The maximum atomic E-state index is 13.2. The molecule has 12 nitrogen and oxygen atoms in total. The smallest absolute Gasteiger partial charge is 0.337 e. The van der Waals surface area contributed by atoms with Crippen LogP contribution in [-0.2, 0) is 19.1 Å². The predicted octanol–water partition coefficient (Wildman–Crippen LogP) is 2.80. The number of ether oxygens (including phenoxy) is 2. The molecular formula is C24H20ClN5O7. The van der Waals surface area contributed by atoms with E-state index in [-0.39, 0.29) is 40.6 Å². The Morgan fingerprint density at radius 2 is 1.59 bits per heavy atom. The fraction of sp³-hybridized carbons (Fsp3) is 0.167. The van der Waals surface area contributed by atoms with Gasteiger partial charge in [-0.3, -0.25) is 19.4 Å². The first-order chi connectivity index (χ1) is 17.7. The third kappa shape index (κ3) is 5.59. The number of nitrogens with one attached hydrogen (secondary N) is 4. The molecule has 0 unspecified atom stereocenters. The molecule has 1 aliphatic rings. The molecule has 1 atom stereocenters. The molecule has 2 heterocycles. The van der Waals surface area contributed by atoms with Crippen molar-refractivity contribution in [1.82, 2.24) is 9.97 Å². The van der Waals surface area contributed by atoms with Crippen LogP contribution in [0.25, 0.3) is 0 Å². The molecule has 0 spiro atoms. The molecule has 0 fully saturated rings. The summed E-state index contributed by atoms with van der Waals surface area (Å²) in [6, 6.07) is 10.5. The summed E-state index contributed by atoms with van der Waals surface area (Å²) < 4.78 is 9.39. The Morgan fingerprint density at radius 1 is 0.973 bits per heavy atom. The van der Waals surface area contributed by atoms with Crippen molar-refractivity contribution in [3.8, 4) is 0 Å². The number of hydrogen-bond donors (Lipinski definition) is 4. The quantitative estimate of drug-likeness (QED) is 0.353. The van der Waals surface area contributed by atoms with Gasteiger partial charge in [-0.05, 0) is 42.5 Å². The van der Waals surface area contributed by atoms with Crippen molar-refractivity contribution in [3.05, 3.63) is 74.5 Å². The second kappa shape index (κ2) is 10.5. The number of aromatic amines is 1. The van der Waals surface area contributed by atoms with E-state index in [1.165, 1.54) is 18.2 Å². The topological polar surface area (TPSA) is 169 Å². The zero-order valence-electron chi connectivity index (χ0n) is 19.5. The summed E-state index contributed by atoms with van der Waals surface area (Å²) in [5.74, 6) is -3.97. The van der Waals surface area contributed by atoms with Crippen LogP contribution in [-0.4, -0.2) is 47.9 Å². The van der Waals surface area contributed by atoms with Crippen LogP contribution in [0.1, 0.15) is 38.6 Å². The number of carbonyl (C=O) groups excluding carboxylic acids is 4. The second-order valence-corrected chi connectivity index (χ2v) is 8.32. The van der Waals surface area contributed by atoms with E-state index in [1.807, 2.05) is 0 Å². The molecule has 0 saturated heterocycles. The number of rotatable bonds is 6. The minimum absolute atomic E-state index is 0.0140. The van der Waals surface area contributed by atoms with Crippen LogP contribution < -0.4 is 21.5 Å². The highest BCUT2D eigenvalue weighted by Crippen LogP contribution is 2.30. The summed E-state index contributed by atoms with van der Waals surface area (Å²) in [5, 5.41) is 8.49. The first kappa shape index (κ1) is 25.4. The monoisotopic (exact) mass is 525 g/mol. The van der Waals surface area contributed by atoms with Crippen molar-refractivity contribution in [2.75, 3.05) is 30.2 Å². The summed E-state index contributed by atoms with van der Waals surface area (Å²) in [6.45, 7) is 0. The van der Waals surface area contributed by atoms with E-state index in [2.05, 4.69) is 25.9 Å². The van der Waals surface area contributed by atoms with E-state index < -0.39 is 35.2 Å². The fourth-order valence-corrected chi connectivity index (χ4v) is 3.85. The molecule has 190 valence electrons. The van der Waals surface area contributed by atoms with E-state index in [1.54, 1.807) is 24.3 Å². The number of anilines is 4. The van der Waals surface area contributed by atoms with Crippen molar-refractivity contribution in [3.63, 3.8) is 0 Å². The summed E-state index contributed by atoms with van der Waals surface area (Å²) in [5.41, 5.74) is -0.0712. The van der Waals surface area contributed by atoms with Crippen LogP contribution in [0.2, 0.25) is 5.02 Å². The molecule has 0 bridgehead atoms. The van der Waals surface area contributed by atoms with Crippen LogP contribution in [0.15, 0.2) is 47.3 Å². The van der Waals surface area contributed by atoms with E-state index in [0.29, 0.717) is 10.7 Å². The molecule has 0 saturated carbocycles. The van der Waals surface area contributed by atoms with Crippen molar-refractivity contribution >= 4 is 58.5 Å². The number of carbonyl (C=O) groups is 4. The molecule has 1 aliphatic heterocycles. The van der Waals surface area contributed by atoms with Gasteiger partial charge in [-0.25, -0.2) is 9.59 Å². The molecule has 2 aromatic carbocycles. The van der Waals surface area contributed by atoms with E-state index in [4.69, 9.17) is 21.1 Å². The van der Waals surface area contributed by atoms with Crippen molar-refractivity contribution in [2.24, 2.45) is 0 Å². The normalized spacial score (nSPS) is 14.1. The maximum Gasteiger partial charge on any atom is 0.337 e. The van der Waals surface area contributed by atoms with Gasteiger partial charge >= 0.3 is 11.9 Å². The Bertz CT molecular complexity index is 1440. The first-order valence-corrected chi connectivity index (χ1v) is 11.2. The lowest BCUT2D eigenvalue weighted by Gasteiger charge is -2.24. The van der Waals surface area contributed by atoms with Crippen molar-refractivity contribution < 1.29 is 28.7 Å². The Hall–Kier alpha value is -4.71. The average Bonchev–Trinajstić information content (AvgIpc) is 2.88. The van der Waals surface area contributed by atoms with E-state index >= 15 is 0 Å². The molecule has 1 aromatic heterocycles. The largest absolute Gasteiger partial charge is 0.465 e. The Balaban J connectivity index is 1.65. The standard InChI is InChI=1S/C24H20ClN5O7/c1-36-22(34)11-7-12(23(35)37-2)9-15(8-11)26-20(32)16-10-17(31)28-19-18(16)21(33)30-24(29-19)27-14-5-3-13(25)4-6-14/h3-9,16H,10H2,1-2H3,(H,26,32)(H3,27,28,29,30,31,33)/t16-/m1/s1. The average molecular weight is 526 g/mol. The number of aromatic nitrogens is 2. The van der Waals surface area contributed by atoms with Gasteiger partial charge in [-0.2, -0.15) is 4.98 Å². The van der Waals surface area contributed by atoms with Gasteiger partial charge in [0.15, 0.2) is 0 Å². The minimum Gasteiger partial charge on any atom is -0.465 e. The molecule has 0 radical (unpaired) electrons. The molecule has 2 amide bonds. The van der Waals surface area contributed by atoms with Gasteiger partial charge < -0.3 is 25.4 Å². The maximum absolute atomic E-state index is 13.2. The summed E-state index contributed by atoms with van der Waals surface area (Å²) in [4.78, 5) is 69.4. The highest BCUT2D eigenvalue weighted by Gasteiger charge is 2.35. The van der Waals surface area contributed by atoms with Crippen molar-refractivity contribution in [1.29, 1.82) is 0 Å². The van der Waals surface area contributed by atoms with Gasteiger partial charge in [-0.15, -0.1) is 0 Å². The molecular weight excluding hydrogens is 506 g/mol. The van der Waals surface area contributed by atoms with Gasteiger partial charge in [-0.1, -0.05) is 11.6 Å². The number of nitrogens with zero attached hydrogens (tertiary/aromatic N) is 1. The molecule has 37 heavy (non-hydrogen) atoms. The van der Waals surface area contributed by atoms with Crippen LogP contribution in [0.3, 0.4) is 0 Å². The zero-order valence-corrected chi connectivity index (χ0v) is 20.3. The van der Waals surface area contributed by atoms with Crippen LogP contribution in [0.4, 0.5) is 23.1 Å². The third-order valence-electron chi connectivity index (χ3n) is 5.42.